The van der Waals surface area contributed by atoms with Crippen molar-refractivity contribution in [3.63, 3.8) is 0 Å². The Kier molecular flexibility index (Phi) is 6.55. The van der Waals surface area contributed by atoms with Crippen LogP contribution in [0.3, 0.4) is 0 Å². The maximum atomic E-state index is 12.5. The standard InChI is InChI=1S/C14H17F2NO6/c1-17(5-4-11(18)19)13(20)8-6-9(21-2)12(23-14(15)16)10(7-8)22-3/h6-7,14H,4-5H2,1-3H3,(H,18,19). The van der Waals surface area contributed by atoms with Crippen molar-refractivity contribution in [1.82, 2.24) is 4.90 Å². The van der Waals surface area contributed by atoms with Gasteiger partial charge in [0.1, 0.15) is 0 Å². The summed E-state index contributed by atoms with van der Waals surface area (Å²) in [7, 11) is 3.89. The number of methoxy groups -OCH3 is 2. The van der Waals surface area contributed by atoms with Crippen molar-refractivity contribution in [2.75, 3.05) is 27.8 Å². The second-order valence-electron chi connectivity index (χ2n) is 4.46. The first kappa shape index (κ1) is 18.5. The molecular weight excluding hydrogens is 316 g/mol. The number of amides is 1. The third-order valence-corrected chi connectivity index (χ3v) is 2.92. The monoisotopic (exact) mass is 333 g/mol. The molecular formula is C14H17F2NO6. The van der Waals surface area contributed by atoms with Crippen molar-refractivity contribution in [1.29, 1.82) is 0 Å². The summed E-state index contributed by atoms with van der Waals surface area (Å²) in [5, 5.41) is 8.63. The summed E-state index contributed by atoms with van der Waals surface area (Å²) in [5.41, 5.74) is 0.0909. The van der Waals surface area contributed by atoms with Crippen molar-refractivity contribution in [3.05, 3.63) is 17.7 Å². The molecule has 1 aromatic rings. The number of benzene rings is 1. The lowest BCUT2D eigenvalue weighted by atomic mass is 10.1. The fourth-order valence-corrected chi connectivity index (χ4v) is 1.79. The molecule has 0 aliphatic rings. The van der Waals surface area contributed by atoms with Crippen LogP contribution in [0.25, 0.3) is 0 Å². The first-order chi connectivity index (χ1) is 10.8. The second kappa shape index (κ2) is 8.16. The van der Waals surface area contributed by atoms with E-state index in [9.17, 15) is 18.4 Å². The van der Waals surface area contributed by atoms with Gasteiger partial charge < -0.3 is 24.2 Å². The summed E-state index contributed by atoms with van der Waals surface area (Å²) in [4.78, 5) is 24.0. The van der Waals surface area contributed by atoms with E-state index in [0.717, 1.165) is 0 Å². The van der Waals surface area contributed by atoms with Crippen LogP contribution in [0.5, 0.6) is 17.2 Å². The van der Waals surface area contributed by atoms with E-state index >= 15 is 0 Å². The fraction of sp³-hybridized carbons (Fsp3) is 0.429. The van der Waals surface area contributed by atoms with Crippen molar-refractivity contribution in [2.45, 2.75) is 13.0 Å². The Morgan fingerprint density at radius 2 is 1.74 bits per heavy atom. The van der Waals surface area contributed by atoms with Gasteiger partial charge in [-0.3, -0.25) is 9.59 Å². The molecule has 1 amide bonds. The highest BCUT2D eigenvalue weighted by atomic mass is 19.3. The molecule has 0 bridgehead atoms. The number of ether oxygens (including phenoxy) is 3. The van der Waals surface area contributed by atoms with Crippen LogP contribution in [0.1, 0.15) is 16.8 Å². The lowest BCUT2D eigenvalue weighted by Gasteiger charge is -2.19. The number of carboxylic acid groups (broad SMARTS) is 1. The van der Waals surface area contributed by atoms with E-state index in [1.165, 1.54) is 38.3 Å². The van der Waals surface area contributed by atoms with Crippen LogP contribution in [0.15, 0.2) is 12.1 Å². The number of carboxylic acids is 1. The highest BCUT2D eigenvalue weighted by molar-refractivity contribution is 5.95. The van der Waals surface area contributed by atoms with Gasteiger partial charge >= 0.3 is 12.6 Å². The van der Waals surface area contributed by atoms with Crippen LogP contribution in [-0.4, -0.2) is 56.3 Å². The molecule has 0 fully saturated rings. The van der Waals surface area contributed by atoms with Gasteiger partial charge in [0.25, 0.3) is 5.91 Å². The Morgan fingerprint density at radius 3 is 2.13 bits per heavy atom. The van der Waals surface area contributed by atoms with Crippen LogP contribution in [0.4, 0.5) is 8.78 Å². The summed E-state index contributed by atoms with van der Waals surface area (Å²) in [6.07, 6.45) is -0.219. The number of hydrogen-bond donors (Lipinski definition) is 1. The number of carbonyl (C=O) groups is 2. The summed E-state index contributed by atoms with van der Waals surface area (Å²) in [6, 6.07) is 2.44. The first-order valence-corrected chi connectivity index (χ1v) is 6.48. The Balaban J connectivity index is 3.12. The van der Waals surface area contributed by atoms with Gasteiger partial charge in [0.15, 0.2) is 11.5 Å². The highest BCUT2D eigenvalue weighted by Gasteiger charge is 2.22. The van der Waals surface area contributed by atoms with Gasteiger partial charge in [0, 0.05) is 19.2 Å². The van der Waals surface area contributed by atoms with Crippen LogP contribution in [-0.2, 0) is 4.79 Å². The Morgan fingerprint density at radius 1 is 1.22 bits per heavy atom. The number of carbonyl (C=O) groups excluding carboxylic acids is 1. The van der Waals surface area contributed by atoms with Crippen molar-refractivity contribution >= 4 is 11.9 Å². The molecule has 128 valence electrons. The van der Waals surface area contributed by atoms with Gasteiger partial charge in [-0.15, -0.1) is 0 Å². The number of nitrogens with zero attached hydrogens (tertiary/aromatic N) is 1. The predicted molar refractivity (Wildman–Crippen MR) is 75.4 cm³/mol. The second-order valence-corrected chi connectivity index (χ2v) is 4.46. The first-order valence-electron chi connectivity index (χ1n) is 6.48. The minimum atomic E-state index is -3.09. The number of hydrogen-bond acceptors (Lipinski definition) is 5. The zero-order valence-corrected chi connectivity index (χ0v) is 12.8. The Labute approximate surface area is 131 Å². The molecule has 1 aromatic carbocycles. The molecule has 0 radical (unpaired) electrons. The fourth-order valence-electron chi connectivity index (χ4n) is 1.79. The largest absolute Gasteiger partial charge is 0.493 e. The molecule has 0 aromatic heterocycles. The number of halogens is 2. The molecule has 1 rings (SSSR count). The Bertz CT molecular complexity index is 553. The third kappa shape index (κ3) is 4.97. The van der Waals surface area contributed by atoms with Crippen LogP contribution < -0.4 is 14.2 Å². The number of alkyl halides is 2. The van der Waals surface area contributed by atoms with E-state index in [4.69, 9.17) is 14.6 Å². The lowest BCUT2D eigenvalue weighted by Crippen LogP contribution is -2.29. The molecule has 0 spiro atoms. The molecule has 0 saturated carbocycles. The molecule has 0 heterocycles. The molecule has 0 saturated heterocycles. The van der Waals surface area contributed by atoms with Gasteiger partial charge in [-0.25, -0.2) is 0 Å². The summed E-state index contributed by atoms with van der Waals surface area (Å²) >= 11 is 0. The van der Waals surface area contributed by atoms with E-state index < -0.39 is 18.5 Å². The van der Waals surface area contributed by atoms with Gasteiger partial charge in [0.05, 0.1) is 20.6 Å². The van der Waals surface area contributed by atoms with E-state index in [-0.39, 0.29) is 35.8 Å². The summed E-state index contributed by atoms with van der Waals surface area (Å²) in [5.74, 6) is -2.07. The van der Waals surface area contributed by atoms with Crippen LogP contribution in [0.2, 0.25) is 0 Å². The highest BCUT2D eigenvalue weighted by Crippen LogP contribution is 2.39. The van der Waals surface area contributed by atoms with E-state index in [1.807, 2.05) is 0 Å². The van der Waals surface area contributed by atoms with E-state index in [2.05, 4.69) is 4.74 Å². The zero-order chi connectivity index (χ0) is 17.6. The maximum absolute atomic E-state index is 12.5. The average Bonchev–Trinajstić information content (AvgIpc) is 2.51. The summed E-state index contributed by atoms with van der Waals surface area (Å²) < 4.78 is 39.2. The molecule has 0 unspecified atom stereocenters. The quantitative estimate of drug-likeness (QED) is 0.781. The van der Waals surface area contributed by atoms with Gasteiger partial charge in [-0.1, -0.05) is 0 Å². The third-order valence-electron chi connectivity index (χ3n) is 2.92. The van der Waals surface area contributed by atoms with E-state index in [0.29, 0.717) is 0 Å². The maximum Gasteiger partial charge on any atom is 0.387 e. The normalized spacial score (nSPS) is 10.3. The molecule has 0 atom stereocenters. The van der Waals surface area contributed by atoms with E-state index in [1.54, 1.807) is 0 Å². The molecule has 9 heteroatoms. The van der Waals surface area contributed by atoms with Gasteiger partial charge in [-0.05, 0) is 12.1 Å². The predicted octanol–water partition coefficient (Wildman–Crippen LogP) is 1.85. The molecule has 23 heavy (non-hydrogen) atoms. The van der Waals surface area contributed by atoms with Crippen molar-refractivity contribution < 1.29 is 37.7 Å². The minimum absolute atomic E-state index is 0.00587. The molecule has 0 aliphatic heterocycles. The Hall–Kier alpha value is -2.58. The zero-order valence-electron chi connectivity index (χ0n) is 12.8. The summed E-state index contributed by atoms with van der Waals surface area (Å²) in [6.45, 7) is -3.09. The van der Waals surface area contributed by atoms with Crippen LogP contribution >= 0.6 is 0 Å². The van der Waals surface area contributed by atoms with Gasteiger partial charge in [-0.2, -0.15) is 8.78 Å². The van der Waals surface area contributed by atoms with Crippen LogP contribution in [0, 0.1) is 0 Å². The average molecular weight is 333 g/mol. The SMILES string of the molecule is COc1cc(C(=O)N(C)CCC(=O)O)cc(OC)c1OC(F)F. The smallest absolute Gasteiger partial charge is 0.387 e. The lowest BCUT2D eigenvalue weighted by molar-refractivity contribution is -0.137. The van der Waals surface area contributed by atoms with Crippen molar-refractivity contribution in [2.24, 2.45) is 0 Å². The molecule has 0 aliphatic carbocycles. The number of rotatable bonds is 8. The minimum Gasteiger partial charge on any atom is -0.493 e. The molecule has 1 N–H and O–H groups in total. The van der Waals surface area contributed by atoms with Gasteiger partial charge in [0.2, 0.25) is 5.75 Å². The topological polar surface area (TPSA) is 85.3 Å². The number of aliphatic carboxylic acids is 1. The van der Waals surface area contributed by atoms with Crippen molar-refractivity contribution in [3.8, 4) is 17.2 Å². The molecule has 7 nitrogen and oxygen atoms in total.